The molecule has 88 valence electrons. The molecule has 0 aromatic heterocycles. The molecule has 0 aromatic rings. The van der Waals surface area contributed by atoms with Crippen molar-refractivity contribution in [1.82, 2.24) is 0 Å². The highest BCUT2D eigenvalue weighted by Crippen LogP contribution is 2.34. The van der Waals surface area contributed by atoms with Crippen molar-refractivity contribution in [1.29, 1.82) is 0 Å². The molecule has 15 heavy (non-hydrogen) atoms. The van der Waals surface area contributed by atoms with Gasteiger partial charge >= 0.3 is 5.97 Å². The number of aliphatic hydroxyl groups is 1. The van der Waals surface area contributed by atoms with Crippen LogP contribution in [0, 0.1) is 5.92 Å². The molecule has 3 heteroatoms. The lowest BCUT2D eigenvalue weighted by Gasteiger charge is -2.32. The van der Waals surface area contributed by atoms with Crippen LogP contribution in [-0.4, -0.2) is 21.8 Å². The number of hydrogen-bond acceptors (Lipinski definition) is 2. The van der Waals surface area contributed by atoms with Gasteiger partial charge in [0.15, 0.2) is 5.60 Å². The lowest BCUT2D eigenvalue weighted by Crippen LogP contribution is -2.41. The minimum Gasteiger partial charge on any atom is -0.479 e. The fourth-order valence-electron chi connectivity index (χ4n) is 2.34. The van der Waals surface area contributed by atoms with E-state index in [0.717, 1.165) is 12.8 Å². The average Bonchev–Trinajstić information content (AvgIpc) is 2.21. The Hall–Kier alpha value is -0.570. The van der Waals surface area contributed by atoms with Crippen LogP contribution in [0.5, 0.6) is 0 Å². The van der Waals surface area contributed by atoms with Crippen LogP contribution in [0.4, 0.5) is 0 Å². The van der Waals surface area contributed by atoms with Crippen LogP contribution in [0.3, 0.4) is 0 Å². The van der Waals surface area contributed by atoms with Gasteiger partial charge in [0.25, 0.3) is 0 Å². The Morgan fingerprint density at radius 1 is 1.33 bits per heavy atom. The fourth-order valence-corrected chi connectivity index (χ4v) is 2.34. The molecule has 2 N–H and O–H groups in total. The maximum Gasteiger partial charge on any atom is 0.335 e. The zero-order chi connectivity index (χ0) is 11.3. The van der Waals surface area contributed by atoms with Crippen molar-refractivity contribution in [2.45, 2.75) is 63.9 Å². The number of hydrogen-bond donors (Lipinski definition) is 2. The molecular weight excluding hydrogens is 192 g/mol. The zero-order valence-corrected chi connectivity index (χ0v) is 9.54. The Morgan fingerprint density at radius 3 is 2.40 bits per heavy atom. The molecule has 1 aliphatic rings. The highest BCUT2D eigenvalue weighted by atomic mass is 16.4. The van der Waals surface area contributed by atoms with E-state index in [2.05, 4.69) is 6.92 Å². The van der Waals surface area contributed by atoms with Gasteiger partial charge in [-0.2, -0.15) is 0 Å². The predicted octanol–water partition coefficient (Wildman–Crippen LogP) is 2.57. The van der Waals surface area contributed by atoms with Gasteiger partial charge in [0.2, 0.25) is 0 Å². The van der Waals surface area contributed by atoms with E-state index >= 15 is 0 Å². The van der Waals surface area contributed by atoms with Gasteiger partial charge in [-0.05, 0) is 31.6 Å². The van der Waals surface area contributed by atoms with Crippen molar-refractivity contribution >= 4 is 5.97 Å². The van der Waals surface area contributed by atoms with Crippen LogP contribution in [0.1, 0.15) is 58.3 Å². The van der Waals surface area contributed by atoms with Crippen molar-refractivity contribution in [2.24, 2.45) is 5.92 Å². The first-order valence-electron chi connectivity index (χ1n) is 6.04. The second-order valence-corrected chi connectivity index (χ2v) is 4.78. The number of aliphatic carboxylic acids is 1. The minimum atomic E-state index is -1.43. The molecule has 0 aromatic carbocycles. The summed E-state index contributed by atoms with van der Waals surface area (Å²) < 4.78 is 0. The van der Waals surface area contributed by atoms with Crippen molar-refractivity contribution in [3.8, 4) is 0 Å². The van der Waals surface area contributed by atoms with Crippen molar-refractivity contribution in [3.05, 3.63) is 0 Å². The summed E-state index contributed by atoms with van der Waals surface area (Å²) in [7, 11) is 0. The fraction of sp³-hybridized carbons (Fsp3) is 0.917. The monoisotopic (exact) mass is 214 g/mol. The molecule has 0 unspecified atom stereocenters. The van der Waals surface area contributed by atoms with E-state index in [1.54, 1.807) is 0 Å². The Bertz CT molecular complexity index is 205. The molecule has 0 bridgehead atoms. The number of carboxylic acids is 1. The number of carbonyl (C=O) groups is 1. The van der Waals surface area contributed by atoms with Crippen LogP contribution in [0.2, 0.25) is 0 Å². The molecule has 1 fully saturated rings. The number of carboxylic acid groups (broad SMARTS) is 1. The topological polar surface area (TPSA) is 57.5 Å². The lowest BCUT2D eigenvalue weighted by molar-refractivity contribution is -0.162. The third kappa shape index (κ3) is 3.49. The largest absolute Gasteiger partial charge is 0.479 e. The van der Waals surface area contributed by atoms with Gasteiger partial charge < -0.3 is 10.2 Å². The smallest absolute Gasteiger partial charge is 0.335 e. The van der Waals surface area contributed by atoms with Crippen molar-refractivity contribution in [3.63, 3.8) is 0 Å². The summed E-state index contributed by atoms with van der Waals surface area (Å²) in [6.07, 6.45) is 7.53. The molecule has 3 nitrogen and oxygen atoms in total. The van der Waals surface area contributed by atoms with Gasteiger partial charge in [-0.3, -0.25) is 0 Å². The molecule has 0 spiro atoms. The van der Waals surface area contributed by atoms with E-state index in [-0.39, 0.29) is 0 Å². The van der Waals surface area contributed by atoms with E-state index in [9.17, 15) is 9.90 Å². The quantitative estimate of drug-likeness (QED) is 0.691. The van der Waals surface area contributed by atoms with Crippen molar-refractivity contribution < 1.29 is 15.0 Å². The predicted molar refractivity (Wildman–Crippen MR) is 58.7 cm³/mol. The second kappa shape index (κ2) is 5.50. The molecule has 0 saturated heterocycles. The maximum atomic E-state index is 10.8. The zero-order valence-electron chi connectivity index (χ0n) is 9.54. The van der Waals surface area contributed by atoms with Gasteiger partial charge in [0.05, 0.1) is 0 Å². The van der Waals surface area contributed by atoms with Crippen LogP contribution in [0.25, 0.3) is 0 Å². The summed E-state index contributed by atoms with van der Waals surface area (Å²) >= 11 is 0. The lowest BCUT2D eigenvalue weighted by atomic mass is 9.77. The van der Waals surface area contributed by atoms with E-state index < -0.39 is 11.6 Å². The summed E-state index contributed by atoms with van der Waals surface area (Å²) in [5.74, 6) is -0.411. The number of unbranched alkanes of at least 4 members (excludes halogenated alkanes) is 2. The molecule has 1 saturated carbocycles. The molecule has 1 aliphatic carbocycles. The van der Waals surface area contributed by atoms with Crippen LogP contribution < -0.4 is 0 Å². The molecule has 0 radical (unpaired) electrons. The van der Waals surface area contributed by atoms with Gasteiger partial charge in [-0.1, -0.05) is 32.6 Å². The minimum absolute atomic E-state index is 0.430. The van der Waals surface area contributed by atoms with Crippen LogP contribution in [-0.2, 0) is 4.79 Å². The molecular formula is C12H22O3. The summed E-state index contributed by atoms with van der Waals surface area (Å²) in [6, 6.07) is 0. The summed E-state index contributed by atoms with van der Waals surface area (Å²) in [6.45, 7) is 2.18. The maximum absolute atomic E-state index is 10.8. The standard InChI is InChI=1S/C12H22O3/c1-2-3-4-5-10-6-8-12(15,9-7-10)11(13)14/h10,15H,2-9H2,1H3,(H,13,14). The Morgan fingerprint density at radius 2 is 1.93 bits per heavy atom. The molecule has 0 heterocycles. The van der Waals surface area contributed by atoms with Gasteiger partial charge in [0, 0.05) is 0 Å². The van der Waals surface area contributed by atoms with E-state index in [4.69, 9.17) is 5.11 Å². The molecule has 0 atom stereocenters. The third-order valence-corrected chi connectivity index (χ3v) is 3.55. The summed E-state index contributed by atoms with van der Waals surface area (Å²) in [4.78, 5) is 10.8. The third-order valence-electron chi connectivity index (χ3n) is 3.55. The van der Waals surface area contributed by atoms with E-state index in [1.165, 1.54) is 25.7 Å². The highest BCUT2D eigenvalue weighted by Gasteiger charge is 2.39. The number of rotatable bonds is 5. The van der Waals surface area contributed by atoms with E-state index in [1.807, 2.05) is 0 Å². The summed E-state index contributed by atoms with van der Waals surface area (Å²) in [5.41, 5.74) is -1.43. The van der Waals surface area contributed by atoms with Crippen molar-refractivity contribution in [2.75, 3.05) is 0 Å². The summed E-state index contributed by atoms with van der Waals surface area (Å²) in [5, 5.41) is 18.6. The van der Waals surface area contributed by atoms with Gasteiger partial charge in [-0.25, -0.2) is 4.79 Å². The first-order chi connectivity index (χ1) is 7.08. The Kier molecular flexibility index (Phi) is 4.58. The van der Waals surface area contributed by atoms with Crippen LogP contribution in [0.15, 0.2) is 0 Å². The highest BCUT2D eigenvalue weighted by molar-refractivity contribution is 5.77. The van der Waals surface area contributed by atoms with Gasteiger partial charge in [0.1, 0.15) is 0 Å². The normalized spacial score (nSPS) is 31.5. The first-order valence-corrected chi connectivity index (χ1v) is 6.04. The Balaban J connectivity index is 2.26. The van der Waals surface area contributed by atoms with Crippen LogP contribution >= 0.6 is 0 Å². The first kappa shape index (κ1) is 12.5. The molecule has 0 amide bonds. The van der Waals surface area contributed by atoms with E-state index in [0.29, 0.717) is 18.8 Å². The Labute approximate surface area is 91.5 Å². The second-order valence-electron chi connectivity index (χ2n) is 4.78. The molecule has 1 rings (SSSR count). The SMILES string of the molecule is CCCCCC1CCC(O)(C(=O)O)CC1. The van der Waals surface area contributed by atoms with Gasteiger partial charge in [-0.15, -0.1) is 0 Å². The molecule has 0 aliphatic heterocycles. The average molecular weight is 214 g/mol.